The van der Waals surface area contributed by atoms with Gasteiger partial charge >= 0.3 is 6.61 Å². The van der Waals surface area contributed by atoms with Gasteiger partial charge in [-0.1, -0.05) is 0 Å². The lowest BCUT2D eigenvalue weighted by Crippen LogP contribution is -2.21. The third kappa shape index (κ3) is 2.51. The molecule has 21 heavy (non-hydrogen) atoms. The van der Waals surface area contributed by atoms with E-state index in [1.54, 1.807) is 0 Å². The molecular formula is C13H12F2N2O3S. The largest absolute Gasteiger partial charge is 0.493 e. The van der Waals surface area contributed by atoms with Crippen molar-refractivity contribution in [3.63, 3.8) is 0 Å². The lowest BCUT2D eigenvalue weighted by atomic mass is 10.2. The number of ether oxygens (including phenoxy) is 2. The first-order chi connectivity index (χ1) is 10.0. The van der Waals surface area contributed by atoms with Gasteiger partial charge in [0, 0.05) is 12.1 Å². The van der Waals surface area contributed by atoms with E-state index in [2.05, 4.69) is 9.72 Å². The van der Waals surface area contributed by atoms with Gasteiger partial charge in [-0.15, -0.1) is 0 Å². The lowest BCUT2D eigenvalue weighted by Gasteiger charge is -2.12. The van der Waals surface area contributed by atoms with Crippen molar-refractivity contribution < 1.29 is 18.3 Å². The number of halogens is 2. The normalized spacial score (nSPS) is 14.7. The van der Waals surface area contributed by atoms with Crippen LogP contribution < -0.4 is 15.0 Å². The Morgan fingerprint density at radius 1 is 1.38 bits per heavy atom. The van der Waals surface area contributed by atoms with Gasteiger partial charge < -0.3 is 14.5 Å². The van der Waals surface area contributed by atoms with Crippen molar-refractivity contribution in [3.8, 4) is 11.5 Å². The van der Waals surface area contributed by atoms with Crippen LogP contribution in [0.2, 0.25) is 0 Å². The summed E-state index contributed by atoms with van der Waals surface area (Å²) in [6, 6.07) is 2.78. The number of nitrogens with zero attached hydrogens (tertiary/aromatic N) is 1. The molecule has 1 aromatic heterocycles. The molecule has 8 heteroatoms. The second kappa shape index (κ2) is 5.10. The van der Waals surface area contributed by atoms with Gasteiger partial charge in [-0.25, -0.2) is 0 Å². The first kappa shape index (κ1) is 14.0. The molecule has 0 radical (unpaired) electrons. The van der Waals surface area contributed by atoms with Gasteiger partial charge in [0.1, 0.15) is 0 Å². The second-order valence-electron chi connectivity index (χ2n) is 4.76. The van der Waals surface area contributed by atoms with Gasteiger partial charge in [0.2, 0.25) is 0 Å². The number of alkyl halides is 2. The van der Waals surface area contributed by atoms with Crippen molar-refractivity contribution in [1.29, 1.82) is 0 Å². The van der Waals surface area contributed by atoms with Gasteiger partial charge in [-0.05, 0) is 31.1 Å². The maximum atomic E-state index is 12.5. The first-order valence-corrected chi connectivity index (χ1v) is 6.73. The molecule has 0 bridgehead atoms. The van der Waals surface area contributed by atoms with E-state index in [9.17, 15) is 13.6 Å². The molecule has 5 nitrogen and oxygen atoms in total. The number of hydrogen-bond donors (Lipinski definition) is 1. The zero-order valence-corrected chi connectivity index (χ0v) is 11.9. The first-order valence-electron chi connectivity index (χ1n) is 6.32. The highest BCUT2D eigenvalue weighted by atomic mass is 32.1. The summed E-state index contributed by atoms with van der Waals surface area (Å²) in [6.45, 7) is -3.00. The molecule has 1 heterocycles. The van der Waals surface area contributed by atoms with E-state index in [0.29, 0.717) is 10.3 Å². The fraction of sp³-hybridized carbons (Fsp3) is 0.385. The van der Waals surface area contributed by atoms with Crippen molar-refractivity contribution in [2.75, 3.05) is 7.11 Å². The highest BCUT2D eigenvalue weighted by molar-refractivity contribution is 7.71. The molecule has 0 unspecified atom stereocenters. The monoisotopic (exact) mass is 314 g/mol. The van der Waals surface area contributed by atoms with Crippen LogP contribution in [0.3, 0.4) is 0 Å². The predicted octanol–water partition coefficient (Wildman–Crippen LogP) is 3.00. The average Bonchev–Trinajstić information content (AvgIpc) is 3.23. The molecule has 1 aliphatic rings. The SMILES string of the molecule is COc1cc2[nH]c(=S)n(C3CC3)c(=O)c2cc1OC(F)F. The summed E-state index contributed by atoms with van der Waals surface area (Å²) < 4.78 is 36.1. The van der Waals surface area contributed by atoms with E-state index in [1.165, 1.54) is 23.8 Å². The van der Waals surface area contributed by atoms with E-state index < -0.39 is 6.61 Å². The highest BCUT2D eigenvalue weighted by Crippen LogP contribution is 2.35. The van der Waals surface area contributed by atoms with Gasteiger partial charge in [-0.2, -0.15) is 8.78 Å². The van der Waals surface area contributed by atoms with Gasteiger partial charge in [0.15, 0.2) is 16.3 Å². The van der Waals surface area contributed by atoms with Crippen LogP contribution in [0.25, 0.3) is 10.9 Å². The Kier molecular flexibility index (Phi) is 3.40. The molecule has 1 N–H and O–H groups in total. The standard InChI is InChI=1S/C13H12F2N2O3S/c1-19-9-5-8-7(4-10(9)20-12(14)15)11(18)17(6-2-3-6)13(21)16-8/h4-6,12H,2-3H2,1H3,(H,16,21). The summed E-state index contributed by atoms with van der Waals surface area (Å²) in [5.74, 6) is -0.0676. The maximum absolute atomic E-state index is 12.5. The molecule has 1 aliphatic carbocycles. The van der Waals surface area contributed by atoms with Crippen molar-refractivity contribution in [3.05, 3.63) is 27.3 Å². The Morgan fingerprint density at radius 3 is 2.67 bits per heavy atom. The molecular weight excluding hydrogens is 302 g/mol. The van der Waals surface area contributed by atoms with Crippen LogP contribution in [0, 0.1) is 4.77 Å². The van der Waals surface area contributed by atoms with Crippen molar-refractivity contribution in [1.82, 2.24) is 9.55 Å². The number of aromatic nitrogens is 2. The topological polar surface area (TPSA) is 56.2 Å². The van der Waals surface area contributed by atoms with E-state index in [-0.39, 0.29) is 28.5 Å². The van der Waals surface area contributed by atoms with Crippen LogP contribution in [-0.4, -0.2) is 23.3 Å². The zero-order valence-electron chi connectivity index (χ0n) is 11.1. The second-order valence-corrected chi connectivity index (χ2v) is 5.15. The van der Waals surface area contributed by atoms with Crippen LogP contribution in [0.1, 0.15) is 18.9 Å². The van der Waals surface area contributed by atoms with E-state index >= 15 is 0 Å². The fourth-order valence-electron chi connectivity index (χ4n) is 2.25. The molecule has 0 atom stereocenters. The quantitative estimate of drug-likeness (QED) is 0.882. The van der Waals surface area contributed by atoms with Crippen molar-refractivity contribution >= 4 is 23.1 Å². The van der Waals surface area contributed by atoms with Gasteiger partial charge in [0.05, 0.1) is 18.0 Å². The number of rotatable bonds is 4. The summed E-state index contributed by atoms with van der Waals surface area (Å²) in [7, 11) is 1.33. The summed E-state index contributed by atoms with van der Waals surface area (Å²) in [5, 5.41) is 0.243. The predicted molar refractivity (Wildman–Crippen MR) is 74.8 cm³/mol. The molecule has 0 saturated heterocycles. The van der Waals surface area contributed by atoms with Crippen LogP contribution in [-0.2, 0) is 0 Å². The highest BCUT2D eigenvalue weighted by Gasteiger charge is 2.27. The minimum atomic E-state index is -3.00. The molecule has 112 valence electrons. The maximum Gasteiger partial charge on any atom is 0.387 e. The molecule has 0 amide bonds. The van der Waals surface area contributed by atoms with Crippen LogP contribution in [0.5, 0.6) is 11.5 Å². The smallest absolute Gasteiger partial charge is 0.387 e. The summed E-state index contributed by atoms with van der Waals surface area (Å²) >= 11 is 5.18. The third-order valence-electron chi connectivity index (χ3n) is 3.34. The number of benzene rings is 1. The Morgan fingerprint density at radius 2 is 2.10 bits per heavy atom. The minimum absolute atomic E-state index is 0.0900. The summed E-state index contributed by atoms with van der Waals surface area (Å²) in [4.78, 5) is 15.4. The molecule has 1 fully saturated rings. The number of methoxy groups -OCH3 is 1. The Balaban J connectivity index is 2.26. The van der Waals surface area contributed by atoms with Crippen LogP contribution >= 0.6 is 12.2 Å². The van der Waals surface area contributed by atoms with Gasteiger partial charge in [0.25, 0.3) is 5.56 Å². The number of fused-ring (bicyclic) bond motifs is 1. The van der Waals surface area contributed by atoms with Crippen LogP contribution in [0.15, 0.2) is 16.9 Å². The molecule has 1 saturated carbocycles. The van der Waals surface area contributed by atoms with Gasteiger partial charge in [-0.3, -0.25) is 9.36 Å². The number of aromatic amines is 1. The van der Waals surface area contributed by atoms with E-state index in [4.69, 9.17) is 17.0 Å². The van der Waals surface area contributed by atoms with Crippen molar-refractivity contribution in [2.45, 2.75) is 25.5 Å². The minimum Gasteiger partial charge on any atom is -0.493 e. The molecule has 0 aliphatic heterocycles. The summed E-state index contributed by atoms with van der Waals surface area (Å²) in [5.41, 5.74) is 0.124. The Labute approximate surface area is 123 Å². The van der Waals surface area contributed by atoms with E-state index in [0.717, 1.165) is 12.8 Å². The molecule has 3 rings (SSSR count). The lowest BCUT2D eigenvalue weighted by molar-refractivity contribution is -0.0511. The Bertz CT molecular complexity index is 811. The fourth-order valence-corrected chi connectivity index (χ4v) is 2.59. The molecule has 0 spiro atoms. The molecule has 2 aromatic rings. The zero-order chi connectivity index (χ0) is 15.1. The number of H-pyrrole nitrogens is 1. The number of hydrogen-bond acceptors (Lipinski definition) is 4. The summed E-state index contributed by atoms with van der Waals surface area (Å²) in [6.07, 6.45) is 1.78. The Hall–Kier alpha value is -1.96. The average molecular weight is 314 g/mol. The van der Waals surface area contributed by atoms with Crippen molar-refractivity contribution in [2.24, 2.45) is 0 Å². The van der Waals surface area contributed by atoms with Crippen LogP contribution in [0.4, 0.5) is 8.78 Å². The number of nitrogens with one attached hydrogen (secondary N) is 1. The third-order valence-corrected chi connectivity index (χ3v) is 3.64. The van der Waals surface area contributed by atoms with E-state index in [1.807, 2.05) is 0 Å². The molecule has 1 aromatic carbocycles.